The van der Waals surface area contributed by atoms with Crippen molar-refractivity contribution >= 4 is 6.03 Å². The number of nitrogens with one attached hydrogen (secondary N) is 1. The van der Waals surface area contributed by atoms with Crippen molar-refractivity contribution in [3.05, 3.63) is 29.8 Å². The van der Waals surface area contributed by atoms with Gasteiger partial charge in [0.2, 0.25) is 0 Å². The van der Waals surface area contributed by atoms with Crippen molar-refractivity contribution < 1.29 is 14.6 Å². The van der Waals surface area contributed by atoms with Crippen molar-refractivity contribution in [3.63, 3.8) is 0 Å². The number of likely N-dealkylation sites (N-methyl/N-ethyl adjacent to an activating group) is 1. The molecule has 0 heterocycles. The quantitative estimate of drug-likeness (QED) is 0.839. The van der Waals surface area contributed by atoms with Crippen LogP contribution in [0, 0.1) is 5.92 Å². The fraction of sp³-hybridized carbons (Fsp3) is 0.632. The standard InChI is InChI=1S/C19H30N2O3/c1-4-14-6-5-7-16(12-14)20-19(23)21(2)18(13-22)15-8-10-17(24-3)11-9-15/h8-11,14,16,18,22H,4-7,12-13H2,1-3H3,(H,20,23). The molecule has 0 spiro atoms. The van der Waals surface area contributed by atoms with E-state index in [1.165, 1.54) is 19.3 Å². The second kappa shape index (κ2) is 8.92. The molecule has 2 N–H and O–H groups in total. The molecule has 1 saturated carbocycles. The lowest BCUT2D eigenvalue weighted by molar-refractivity contribution is 0.143. The van der Waals surface area contributed by atoms with E-state index < -0.39 is 0 Å². The van der Waals surface area contributed by atoms with Gasteiger partial charge in [0.05, 0.1) is 19.8 Å². The van der Waals surface area contributed by atoms with Gasteiger partial charge in [-0.05, 0) is 36.5 Å². The number of amides is 2. The molecular weight excluding hydrogens is 304 g/mol. The van der Waals surface area contributed by atoms with Gasteiger partial charge in [-0.25, -0.2) is 4.79 Å². The molecule has 0 bridgehead atoms. The summed E-state index contributed by atoms with van der Waals surface area (Å²) in [4.78, 5) is 14.2. The van der Waals surface area contributed by atoms with Crippen LogP contribution in [0.15, 0.2) is 24.3 Å². The summed E-state index contributed by atoms with van der Waals surface area (Å²) in [6.07, 6.45) is 5.72. The van der Waals surface area contributed by atoms with Crippen molar-refractivity contribution in [1.29, 1.82) is 0 Å². The predicted molar refractivity (Wildman–Crippen MR) is 95.2 cm³/mol. The van der Waals surface area contributed by atoms with E-state index in [4.69, 9.17) is 4.74 Å². The largest absolute Gasteiger partial charge is 0.497 e. The molecule has 3 atom stereocenters. The van der Waals surface area contributed by atoms with Gasteiger partial charge < -0.3 is 20.1 Å². The van der Waals surface area contributed by atoms with E-state index in [9.17, 15) is 9.90 Å². The first-order valence-electron chi connectivity index (χ1n) is 8.87. The van der Waals surface area contributed by atoms with Gasteiger partial charge in [-0.2, -0.15) is 0 Å². The number of urea groups is 1. The minimum absolute atomic E-state index is 0.113. The van der Waals surface area contributed by atoms with Gasteiger partial charge in [0.1, 0.15) is 5.75 Å². The lowest BCUT2D eigenvalue weighted by Gasteiger charge is -2.33. The number of rotatable bonds is 6. The van der Waals surface area contributed by atoms with Gasteiger partial charge in [0.25, 0.3) is 0 Å². The highest BCUT2D eigenvalue weighted by atomic mass is 16.5. The number of benzene rings is 1. The van der Waals surface area contributed by atoms with Crippen LogP contribution in [-0.4, -0.2) is 42.8 Å². The maximum absolute atomic E-state index is 12.6. The summed E-state index contributed by atoms with van der Waals surface area (Å²) < 4.78 is 5.16. The van der Waals surface area contributed by atoms with Crippen LogP contribution < -0.4 is 10.1 Å². The highest BCUT2D eigenvalue weighted by molar-refractivity contribution is 5.74. The topological polar surface area (TPSA) is 61.8 Å². The van der Waals surface area contributed by atoms with Crippen LogP contribution >= 0.6 is 0 Å². The monoisotopic (exact) mass is 334 g/mol. The van der Waals surface area contributed by atoms with E-state index in [0.29, 0.717) is 5.92 Å². The maximum Gasteiger partial charge on any atom is 0.317 e. The van der Waals surface area contributed by atoms with Crippen molar-refractivity contribution in [2.24, 2.45) is 5.92 Å². The van der Waals surface area contributed by atoms with Crippen LogP contribution in [0.2, 0.25) is 0 Å². The molecule has 5 heteroatoms. The molecule has 1 aromatic rings. The molecule has 0 radical (unpaired) electrons. The molecular formula is C19H30N2O3. The number of hydrogen-bond donors (Lipinski definition) is 2. The van der Waals surface area contributed by atoms with E-state index in [2.05, 4.69) is 12.2 Å². The first kappa shape index (κ1) is 18.6. The lowest BCUT2D eigenvalue weighted by Crippen LogP contribution is -2.46. The summed E-state index contributed by atoms with van der Waals surface area (Å²) in [6.45, 7) is 2.10. The number of carbonyl (C=O) groups is 1. The van der Waals surface area contributed by atoms with E-state index >= 15 is 0 Å². The number of nitrogens with zero attached hydrogens (tertiary/aromatic N) is 1. The minimum Gasteiger partial charge on any atom is -0.497 e. The number of hydrogen-bond acceptors (Lipinski definition) is 3. The van der Waals surface area contributed by atoms with Crippen molar-refractivity contribution in [2.45, 2.75) is 51.1 Å². The Kier molecular flexibility index (Phi) is 6.91. The van der Waals surface area contributed by atoms with Gasteiger partial charge in [-0.3, -0.25) is 0 Å². The zero-order chi connectivity index (χ0) is 17.5. The molecule has 24 heavy (non-hydrogen) atoms. The third-order valence-electron chi connectivity index (χ3n) is 5.15. The van der Waals surface area contributed by atoms with E-state index in [1.54, 1.807) is 19.1 Å². The third kappa shape index (κ3) is 4.63. The lowest BCUT2D eigenvalue weighted by atomic mass is 9.84. The Morgan fingerprint density at radius 1 is 1.38 bits per heavy atom. The van der Waals surface area contributed by atoms with E-state index in [0.717, 1.165) is 24.2 Å². The fourth-order valence-electron chi connectivity index (χ4n) is 3.49. The second-order valence-electron chi connectivity index (χ2n) is 6.67. The van der Waals surface area contributed by atoms with Crippen LogP contribution in [0.4, 0.5) is 4.79 Å². The number of carbonyl (C=O) groups excluding carboxylic acids is 1. The molecule has 2 amide bonds. The van der Waals surface area contributed by atoms with Crippen LogP contribution in [0.25, 0.3) is 0 Å². The SMILES string of the molecule is CCC1CCCC(NC(=O)N(C)C(CO)c2ccc(OC)cc2)C1. The molecule has 3 unspecified atom stereocenters. The molecule has 2 rings (SSSR count). The summed E-state index contributed by atoms with van der Waals surface area (Å²) in [5.74, 6) is 1.47. The molecule has 0 saturated heterocycles. The Morgan fingerprint density at radius 2 is 2.08 bits per heavy atom. The highest BCUT2D eigenvalue weighted by Crippen LogP contribution is 2.27. The summed E-state index contributed by atoms with van der Waals surface area (Å²) in [5, 5.41) is 12.9. The Balaban J connectivity index is 1.98. The van der Waals surface area contributed by atoms with Gasteiger partial charge >= 0.3 is 6.03 Å². The number of aliphatic hydroxyl groups is 1. The molecule has 1 aromatic carbocycles. The number of aliphatic hydroxyl groups excluding tert-OH is 1. The van der Waals surface area contributed by atoms with Crippen molar-refractivity contribution in [3.8, 4) is 5.75 Å². The zero-order valence-corrected chi connectivity index (χ0v) is 15.0. The van der Waals surface area contributed by atoms with Crippen LogP contribution in [0.1, 0.15) is 50.6 Å². The number of ether oxygens (including phenoxy) is 1. The molecule has 134 valence electrons. The normalized spacial score (nSPS) is 21.8. The summed E-state index contributed by atoms with van der Waals surface area (Å²) in [5.41, 5.74) is 0.894. The van der Waals surface area contributed by atoms with E-state index in [1.807, 2.05) is 24.3 Å². The van der Waals surface area contributed by atoms with Gasteiger partial charge in [0.15, 0.2) is 0 Å². The van der Waals surface area contributed by atoms with Crippen LogP contribution in [0.3, 0.4) is 0 Å². The highest BCUT2D eigenvalue weighted by Gasteiger charge is 2.26. The number of methoxy groups -OCH3 is 1. The first-order chi connectivity index (χ1) is 11.6. The Morgan fingerprint density at radius 3 is 2.67 bits per heavy atom. The van der Waals surface area contributed by atoms with E-state index in [-0.39, 0.29) is 24.7 Å². The molecule has 1 aliphatic rings. The minimum atomic E-state index is -0.360. The molecule has 5 nitrogen and oxygen atoms in total. The maximum atomic E-state index is 12.6. The second-order valence-corrected chi connectivity index (χ2v) is 6.67. The van der Waals surface area contributed by atoms with Crippen molar-refractivity contribution in [1.82, 2.24) is 10.2 Å². The van der Waals surface area contributed by atoms with Crippen molar-refractivity contribution in [2.75, 3.05) is 20.8 Å². The smallest absolute Gasteiger partial charge is 0.317 e. The summed E-state index contributed by atoms with van der Waals surface area (Å²) in [6, 6.07) is 7.23. The Hall–Kier alpha value is -1.75. The van der Waals surface area contributed by atoms with Gasteiger partial charge in [-0.1, -0.05) is 38.3 Å². The molecule has 0 aliphatic heterocycles. The van der Waals surface area contributed by atoms with Gasteiger partial charge in [-0.15, -0.1) is 0 Å². The first-order valence-corrected chi connectivity index (χ1v) is 8.87. The van der Waals surface area contributed by atoms with Crippen LogP contribution in [-0.2, 0) is 0 Å². The summed E-state index contributed by atoms with van der Waals surface area (Å²) >= 11 is 0. The average Bonchev–Trinajstić information content (AvgIpc) is 2.63. The molecule has 1 fully saturated rings. The predicted octanol–water partition coefficient (Wildman–Crippen LogP) is 3.34. The third-order valence-corrected chi connectivity index (χ3v) is 5.15. The zero-order valence-electron chi connectivity index (χ0n) is 15.0. The fourth-order valence-corrected chi connectivity index (χ4v) is 3.49. The summed E-state index contributed by atoms with van der Waals surface area (Å²) in [7, 11) is 3.35. The Bertz CT molecular complexity index is 518. The van der Waals surface area contributed by atoms with Gasteiger partial charge in [0, 0.05) is 13.1 Å². The average molecular weight is 334 g/mol. The van der Waals surface area contributed by atoms with Crippen LogP contribution in [0.5, 0.6) is 5.75 Å². The molecule has 0 aromatic heterocycles. The molecule has 1 aliphatic carbocycles. The Labute approximate surface area is 145 Å².